The van der Waals surface area contributed by atoms with Gasteiger partial charge in [-0.15, -0.1) is 0 Å². The molecule has 0 aliphatic carbocycles. The fourth-order valence-corrected chi connectivity index (χ4v) is 1.77. The molecule has 3 heteroatoms. The molecule has 0 fully saturated rings. The summed E-state index contributed by atoms with van der Waals surface area (Å²) in [6.45, 7) is 3.68. The van der Waals surface area contributed by atoms with Crippen molar-refractivity contribution in [1.82, 2.24) is 4.98 Å². The van der Waals surface area contributed by atoms with E-state index >= 15 is 0 Å². The Hall–Kier alpha value is -1.09. The van der Waals surface area contributed by atoms with Gasteiger partial charge in [0.2, 0.25) is 0 Å². The van der Waals surface area contributed by atoms with Gasteiger partial charge in [-0.25, -0.2) is 0 Å². The van der Waals surface area contributed by atoms with Crippen LogP contribution in [0.3, 0.4) is 0 Å². The summed E-state index contributed by atoms with van der Waals surface area (Å²) in [4.78, 5) is 4.39. The Morgan fingerprint density at radius 3 is 3.29 bits per heavy atom. The van der Waals surface area contributed by atoms with Crippen molar-refractivity contribution < 1.29 is 4.74 Å². The molecule has 1 atom stereocenters. The second kappa shape index (κ2) is 3.96. The summed E-state index contributed by atoms with van der Waals surface area (Å²) in [6.07, 6.45) is 3.84. The van der Waals surface area contributed by atoms with Crippen molar-refractivity contribution >= 4 is 0 Å². The third kappa shape index (κ3) is 1.73. The summed E-state index contributed by atoms with van der Waals surface area (Å²) in [5.74, 6) is 1.40. The Morgan fingerprint density at radius 1 is 1.64 bits per heavy atom. The van der Waals surface area contributed by atoms with E-state index in [1.807, 2.05) is 6.20 Å². The summed E-state index contributed by atoms with van der Waals surface area (Å²) >= 11 is 0. The molecule has 1 aliphatic heterocycles. The van der Waals surface area contributed by atoms with Crippen molar-refractivity contribution in [2.75, 3.05) is 13.2 Å². The minimum Gasteiger partial charge on any atom is -0.491 e. The lowest BCUT2D eigenvalue weighted by Crippen LogP contribution is -2.06. The second-order valence-corrected chi connectivity index (χ2v) is 3.79. The molecule has 0 saturated heterocycles. The van der Waals surface area contributed by atoms with E-state index in [0.717, 1.165) is 37.4 Å². The van der Waals surface area contributed by atoms with Gasteiger partial charge in [-0.1, -0.05) is 6.92 Å². The Labute approximate surface area is 84.3 Å². The third-order valence-corrected chi connectivity index (χ3v) is 2.70. The summed E-state index contributed by atoms with van der Waals surface area (Å²) in [5.41, 5.74) is 7.96. The fraction of sp³-hybridized carbons (Fsp3) is 0.545. The molecule has 0 radical (unpaired) electrons. The van der Waals surface area contributed by atoms with E-state index in [1.54, 1.807) is 0 Å². The fourth-order valence-electron chi connectivity index (χ4n) is 1.77. The zero-order chi connectivity index (χ0) is 9.97. The van der Waals surface area contributed by atoms with Crippen molar-refractivity contribution in [3.8, 4) is 5.75 Å². The number of nitrogens with zero attached hydrogens (tertiary/aromatic N) is 1. The second-order valence-electron chi connectivity index (χ2n) is 3.79. The van der Waals surface area contributed by atoms with E-state index in [4.69, 9.17) is 10.5 Å². The van der Waals surface area contributed by atoms with Crippen LogP contribution in [0.15, 0.2) is 12.3 Å². The van der Waals surface area contributed by atoms with Crippen LogP contribution in [0.1, 0.15) is 30.5 Å². The van der Waals surface area contributed by atoms with E-state index < -0.39 is 0 Å². The SMILES string of the molecule is CC(CCN)c1cc2c(cn1)OCC2. The molecular weight excluding hydrogens is 176 g/mol. The van der Waals surface area contributed by atoms with E-state index in [9.17, 15) is 0 Å². The minimum absolute atomic E-state index is 0.450. The number of fused-ring (bicyclic) bond motifs is 1. The van der Waals surface area contributed by atoms with Gasteiger partial charge in [0.15, 0.2) is 0 Å². The first-order chi connectivity index (χ1) is 6.81. The van der Waals surface area contributed by atoms with E-state index in [2.05, 4.69) is 18.0 Å². The smallest absolute Gasteiger partial charge is 0.140 e. The number of ether oxygens (including phenoxy) is 1. The molecule has 0 aromatic carbocycles. The van der Waals surface area contributed by atoms with Gasteiger partial charge in [0.1, 0.15) is 5.75 Å². The zero-order valence-electron chi connectivity index (χ0n) is 8.49. The minimum atomic E-state index is 0.450. The zero-order valence-corrected chi connectivity index (χ0v) is 8.49. The highest BCUT2D eigenvalue weighted by Gasteiger charge is 2.15. The molecule has 2 N–H and O–H groups in total. The van der Waals surface area contributed by atoms with E-state index in [0.29, 0.717) is 5.92 Å². The molecular formula is C11H16N2O. The van der Waals surface area contributed by atoms with Gasteiger partial charge < -0.3 is 10.5 Å². The van der Waals surface area contributed by atoms with Crippen LogP contribution in [0.4, 0.5) is 0 Å². The highest BCUT2D eigenvalue weighted by atomic mass is 16.5. The van der Waals surface area contributed by atoms with Gasteiger partial charge in [0.05, 0.1) is 12.8 Å². The van der Waals surface area contributed by atoms with Gasteiger partial charge in [0.25, 0.3) is 0 Å². The van der Waals surface area contributed by atoms with Crippen LogP contribution in [0.2, 0.25) is 0 Å². The maximum absolute atomic E-state index is 5.53. The molecule has 0 spiro atoms. The number of nitrogens with two attached hydrogens (primary N) is 1. The average molecular weight is 192 g/mol. The lowest BCUT2D eigenvalue weighted by Gasteiger charge is -2.10. The number of aromatic nitrogens is 1. The summed E-state index contributed by atoms with van der Waals surface area (Å²) in [7, 11) is 0. The van der Waals surface area contributed by atoms with Crippen LogP contribution in [-0.4, -0.2) is 18.1 Å². The monoisotopic (exact) mass is 192 g/mol. The summed E-state index contributed by atoms with van der Waals surface area (Å²) in [6, 6.07) is 2.16. The first-order valence-electron chi connectivity index (χ1n) is 5.13. The Morgan fingerprint density at radius 2 is 2.50 bits per heavy atom. The van der Waals surface area contributed by atoms with E-state index in [-0.39, 0.29) is 0 Å². The molecule has 14 heavy (non-hydrogen) atoms. The molecule has 2 rings (SSSR count). The molecule has 1 aliphatic rings. The maximum atomic E-state index is 5.53. The molecule has 0 saturated carbocycles. The van der Waals surface area contributed by atoms with Crippen LogP contribution in [0.5, 0.6) is 5.75 Å². The third-order valence-electron chi connectivity index (χ3n) is 2.70. The standard InChI is InChI=1S/C11H16N2O/c1-8(2-4-12)10-6-9-3-5-14-11(9)7-13-10/h6-8H,2-5,12H2,1H3. The molecule has 3 nitrogen and oxygen atoms in total. The van der Waals surface area contributed by atoms with Crippen molar-refractivity contribution in [2.45, 2.75) is 25.7 Å². The maximum Gasteiger partial charge on any atom is 0.140 e. The lowest BCUT2D eigenvalue weighted by molar-refractivity contribution is 0.355. The van der Waals surface area contributed by atoms with Gasteiger partial charge in [-0.3, -0.25) is 4.98 Å². The molecule has 1 unspecified atom stereocenters. The first kappa shape index (κ1) is 9.46. The quantitative estimate of drug-likeness (QED) is 0.789. The van der Waals surface area contributed by atoms with Crippen molar-refractivity contribution in [1.29, 1.82) is 0 Å². The Kier molecular flexibility index (Phi) is 2.68. The van der Waals surface area contributed by atoms with Crippen molar-refractivity contribution in [2.24, 2.45) is 5.73 Å². The molecule has 0 amide bonds. The predicted octanol–water partition coefficient (Wildman–Crippen LogP) is 1.47. The van der Waals surface area contributed by atoms with Gasteiger partial charge in [-0.2, -0.15) is 0 Å². The van der Waals surface area contributed by atoms with Crippen LogP contribution in [0.25, 0.3) is 0 Å². The molecule has 1 aromatic heterocycles. The Balaban J connectivity index is 2.19. The normalized spacial score (nSPS) is 16.1. The average Bonchev–Trinajstić information content (AvgIpc) is 2.64. The van der Waals surface area contributed by atoms with Crippen LogP contribution in [-0.2, 0) is 6.42 Å². The number of hydrogen-bond acceptors (Lipinski definition) is 3. The number of pyridine rings is 1. The topological polar surface area (TPSA) is 48.1 Å². The van der Waals surface area contributed by atoms with Gasteiger partial charge >= 0.3 is 0 Å². The van der Waals surface area contributed by atoms with Gasteiger partial charge in [-0.05, 0) is 24.9 Å². The molecule has 1 aromatic rings. The summed E-state index contributed by atoms with van der Waals surface area (Å²) in [5, 5.41) is 0. The van der Waals surface area contributed by atoms with Crippen LogP contribution in [0, 0.1) is 0 Å². The summed E-state index contributed by atoms with van der Waals surface area (Å²) < 4.78 is 5.41. The largest absolute Gasteiger partial charge is 0.491 e. The predicted molar refractivity (Wildman–Crippen MR) is 55.5 cm³/mol. The molecule has 2 heterocycles. The molecule has 0 bridgehead atoms. The Bertz CT molecular complexity index is 325. The highest BCUT2D eigenvalue weighted by molar-refractivity contribution is 5.36. The van der Waals surface area contributed by atoms with Crippen LogP contribution < -0.4 is 10.5 Å². The molecule has 76 valence electrons. The lowest BCUT2D eigenvalue weighted by atomic mass is 10.0. The van der Waals surface area contributed by atoms with Crippen molar-refractivity contribution in [3.63, 3.8) is 0 Å². The van der Waals surface area contributed by atoms with E-state index in [1.165, 1.54) is 5.56 Å². The van der Waals surface area contributed by atoms with Crippen LogP contribution >= 0.6 is 0 Å². The number of hydrogen-bond donors (Lipinski definition) is 1. The highest BCUT2D eigenvalue weighted by Crippen LogP contribution is 2.27. The number of rotatable bonds is 3. The van der Waals surface area contributed by atoms with Crippen molar-refractivity contribution in [3.05, 3.63) is 23.5 Å². The first-order valence-corrected chi connectivity index (χ1v) is 5.13. The van der Waals surface area contributed by atoms with Gasteiger partial charge in [0, 0.05) is 17.7 Å².